The van der Waals surface area contributed by atoms with Crippen LogP contribution in [-0.2, 0) is 14.3 Å². The van der Waals surface area contributed by atoms with Gasteiger partial charge in [-0.1, -0.05) is 74.0 Å². The van der Waals surface area contributed by atoms with Crippen LogP contribution in [0, 0.1) is 5.92 Å². The number of hydrogen-bond acceptors (Lipinski definition) is 4. The molecule has 3 rings (SSSR count). The first-order valence-corrected chi connectivity index (χ1v) is 11.9. The van der Waals surface area contributed by atoms with Gasteiger partial charge in [0.2, 0.25) is 5.91 Å². The van der Waals surface area contributed by atoms with E-state index in [2.05, 4.69) is 34.9 Å². The highest BCUT2D eigenvalue weighted by Gasteiger charge is 2.30. The lowest BCUT2D eigenvalue weighted by atomic mass is 9.98. The molecule has 2 aromatic carbocycles. The summed E-state index contributed by atoms with van der Waals surface area (Å²) in [7, 11) is 0. The fourth-order valence-corrected chi connectivity index (χ4v) is 4.27. The molecule has 186 valence electrons. The smallest absolute Gasteiger partial charge is 0.407 e. The topological polar surface area (TPSA) is 105 Å². The molecule has 0 saturated carbocycles. The Labute approximate surface area is 206 Å². The van der Waals surface area contributed by atoms with E-state index in [9.17, 15) is 19.5 Å². The molecular formula is C28H34N2O5. The molecule has 0 saturated heterocycles. The maximum atomic E-state index is 12.7. The first-order chi connectivity index (χ1) is 16.7. The Balaban J connectivity index is 1.59. The standard InChI is InChI=1S/C28H34N2O5/c1-17(2)13-14-24(27(32)33)29-26(31)15-25(18(3)4)30-28(34)35-16-23-21-11-7-5-9-19(21)20-10-6-8-12-22(20)23/h5-13,18,23-25H,14-16H2,1-4H3,(H,29,31)(H,30,34)(H,32,33)/t24?,25-/m0/s1. The van der Waals surface area contributed by atoms with Gasteiger partial charge in [-0.2, -0.15) is 0 Å². The van der Waals surface area contributed by atoms with Crippen molar-refractivity contribution in [2.24, 2.45) is 5.92 Å². The normalized spacial score (nSPS) is 13.9. The highest BCUT2D eigenvalue weighted by molar-refractivity contribution is 5.84. The second kappa shape index (κ2) is 11.7. The lowest BCUT2D eigenvalue weighted by Crippen LogP contribution is -2.46. The van der Waals surface area contributed by atoms with Crippen molar-refractivity contribution in [1.82, 2.24) is 10.6 Å². The van der Waals surface area contributed by atoms with Crippen LogP contribution in [-0.4, -0.2) is 41.8 Å². The number of nitrogens with one attached hydrogen (secondary N) is 2. The molecule has 0 aromatic heterocycles. The molecule has 1 unspecified atom stereocenters. The molecule has 0 aliphatic heterocycles. The van der Waals surface area contributed by atoms with E-state index in [-0.39, 0.29) is 31.3 Å². The first-order valence-electron chi connectivity index (χ1n) is 11.9. The number of allylic oxidation sites excluding steroid dienone is 1. The Morgan fingerprint density at radius 2 is 1.54 bits per heavy atom. The summed E-state index contributed by atoms with van der Waals surface area (Å²) < 4.78 is 5.60. The van der Waals surface area contributed by atoms with Crippen LogP contribution in [0.5, 0.6) is 0 Å². The Hall–Kier alpha value is -3.61. The number of carbonyl (C=O) groups excluding carboxylic acids is 2. The average Bonchev–Trinajstić information content (AvgIpc) is 3.13. The van der Waals surface area contributed by atoms with Gasteiger partial charge in [0.1, 0.15) is 12.6 Å². The van der Waals surface area contributed by atoms with Gasteiger partial charge in [0.15, 0.2) is 0 Å². The number of fused-ring (bicyclic) bond motifs is 3. The third-order valence-corrected chi connectivity index (χ3v) is 6.25. The summed E-state index contributed by atoms with van der Waals surface area (Å²) in [5.41, 5.74) is 5.52. The zero-order valence-corrected chi connectivity index (χ0v) is 20.7. The number of rotatable bonds is 10. The Morgan fingerprint density at radius 1 is 0.971 bits per heavy atom. The fourth-order valence-electron chi connectivity index (χ4n) is 4.27. The first kappa shape index (κ1) is 26.0. The molecule has 7 heteroatoms. The van der Waals surface area contributed by atoms with Crippen LogP contribution in [0.3, 0.4) is 0 Å². The Bertz CT molecular complexity index is 1060. The van der Waals surface area contributed by atoms with Crippen molar-refractivity contribution < 1.29 is 24.2 Å². The number of alkyl carbamates (subject to hydrolysis) is 1. The van der Waals surface area contributed by atoms with Gasteiger partial charge in [0.05, 0.1) is 0 Å². The molecule has 2 atom stereocenters. The monoisotopic (exact) mass is 478 g/mol. The summed E-state index contributed by atoms with van der Waals surface area (Å²) in [6.45, 7) is 7.70. The third-order valence-electron chi connectivity index (χ3n) is 6.25. The largest absolute Gasteiger partial charge is 0.480 e. The number of hydrogen-bond donors (Lipinski definition) is 3. The van der Waals surface area contributed by atoms with Gasteiger partial charge >= 0.3 is 12.1 Å². The molecule has 1 aliphatic rings. The molecule has 0 radical (unpaired) electrons. The number of carbonyl (C=O) groups is 3. The number of amides is 2. The van der Waals surface area contributed by atoms with Gasteiger partial charge in [-0.25, -0.2) is 9.59 Å². The maximum absolute atomic E-state index is 12.7. The van der Waals surface area contributed by atoms with Crippen molar-refractivity contribution in [2.75, 3.05) is 6.61 Å². The number of ether oxygens (including phenoxy) is 1. The predicted octanol–water partition coefficient (Wildman–Crippen LogP) is 4.87. The van der Waals surface area contributed by atoms with Gasteiger partial charge in [0.25, 0.3) is 0 Å². The van der Waals surface area contributed by atoms with Crippen LogP contribution < -0.4 is 10.6 Å². The van der Waals surface area contributed by atoms with Crippen molar-refractivity contribution >= 4 is 18.0 Å². The highest BCUT2D eigenvalue weighted by atomic mass is 16.5. The van der Waals surface area contributed by atoms with Crippen LogP contribution in [0.1, 0.15) is 57.6 Å². The van der Waals surface area contributed by atoms with Crippen molar-refractivity contribution in [3.8, 4) is 11.1 Å². The number of aliphatic carboxylic acids is 1. The molecule has 1 aliphatic carbocycles. The van der Waals surface area contributed by atoms with Crippen LogP contribution in [0.25, 0.3) is 11.1 Å². The summed E-state index contributed by atoms with van der Waals surface area (Å²) in [4.78, 5) is 36.7. The fraction of sp³-hybridized carbons (Fsp3) is 0.393. The van der Waals surface area contributed by atoms with Crippen molar-refractivity contribution in [2.45, 2.75) is 58.5 Å². The van der Waals surface area contributed by atoms with Gasteiger partial charge < -0.3 is 20.5 Å². The number of carboxylic acids is 1. The van der Waals surface area contributed by atoms with Gasteiger partial charge in [-0.15, -0.1) is 0 Å². The second-order valence-corrected chi connectivity index (χ2v) is 9.50. The van der Waals surface area contributed by atoms with Gasteiger partial charge in [-0.3, -0.25) is 4.79 Å². The van der Waals surface area contributed by atoms with Crippen LogP contribution in [0.4, 0.5) is 4.79 Å². The third kappa shape index (κ3) is 6.72. The van der Waals surface area contributed by atoms with E-state index in [0.717, 1.165) is 27.8 Å². The van der Waals surface area contributed by atoms with Crippen LogP contribution in [0.2, 0.25) is 0 Å². The van der Waals surface area contributed by atoms with E-state index < -0.39 is 30.1 Å². The van der Waals surface area contributed by atoms with E-state index in [0.29, 0.717) is 0 Å². The van der Waals surface area contributed by atoms with Crippen LogP contribution in [0.15, 0.2) is 60.2 Å². The van der Waals surface area contributed by atoms with E-state index >= 15 is 0 Å². The lowest BCUT2D eigenvalue weighted by molar-refractivity contribution is -0.141. The predicted molar refractivity (Wildman–Crippen MR) is 135 cm³/mol. The molecular weight excluding hydrogens is 444 g/mol. The molecule has 3 N–H and O–H groups in total. The lowest BCUT2D eigenvalue weighted by Gasteiger charge is -2.23. The molecule has 0 fully saturated rings. The number of benzene rings is 2. The van der Waals surface area contributed by atoms with Crippen molar-refractivity contribution in [1.29, 1.82) is 0 Å². The molecule has 7 nitrogen and oxygen atoms in total. The minimum atomic E-state index is -1.10. The van der Waals surface area contributed by atoms with Crippen molar-refractivity contribution in [3.05, 3.63) is 71.3 Å². The summed E-state index contributed by atoms with van der Waals surface area (Å²) in [6.07, 6.45) is 1.34. The van der Waals surface area contributed by atoms with Gasteiger partial charge in [-0.05, 0) is 48.4 Å². The molecule has 2 aromatic rings. The molecule has 35 heavy (non-hydrogen) atoms. The van der Waals surface area contributed by atoms with E-state index in [1.54, 1.807) is 6.08 Å². The zero-order valence-electron chi connectivity index (χ0n) is 20.7. The van der Waals surface area contributed by atoms with E-state index in [4.69, 9.17) is 4.74 Å². The molecule has 0 bridgehead atoms. The average molecular weight is 479 g/mol. The Morgan fingerprint density at radius 3 is 2.06 bits per heavy atom. The van der Waals surface area contributed by atoms with Crippen LogP contribution >= 0.6 is 0 Å². The minimum Gasteiger partial charge on any atom is -0.480 e. The molecule has 2 amide bonds. The SMILES string of the molecule is CC(C)=CCC(NC(=O)C[C@H](NC(=O)OCC1c2ccccc2-c2ccccc21)C(C)C)C(=O)O. The minimum absolute atomic E-state index is 0.0412. The van der Waals surface area contributed by atoms with Gasteiger partial charge in [0, 0.05) is 18.4 Å². The number of carboxylic acid groups (broad SMARTS) is 1. The summed E-state index contributed by atoms with van der Waals surface area (Å²) in [5.74, 6) is -1.64. The molecule has 0 spiro atoms. The summed E-state index contributed by atoms with van der Waals surface area (Å²) >= 11 is 0. The van der Waals surface area contributed by atoms with E-state index in [1.165, 1.54) is 0 Å². The quantitative estimate of drug-likeness (QED) is 0.423. The van der Waals surface area contributed by atoms with Crippen molar-refractivity contribution in [3.63, 3.8) is 0 Å². The zero-order chi connectivity index (χ0) is 25.5. The maximum Gasteiger partial charge on any atom is 0.407 e. The molecule has 0 heterocycles. The second-order valence-electron chi connectivity index (χ2n) is 9.50. The highest BCUT2D eigenvalue weighted by Crippen LogP contribution is 2.44. The summed E-state index contributed by atoms with van der Waals surface area (Å²) in [5, 5.41) is 14.7. The Kier molecular flexibility index (Phi) is 8.68. The van der Waals surface area contributed by atoms with E-state index in [1.807, 2.05) is 52.0 Å². The summed E-state index contributed by atoms with van der Waals surface area (Å²) in [6, 6.07) is 14.7.